The van der Waals surface area contributed by atoms with Crippen LogP contribution in [0.5, 0.6) is 5.75 Å². The van der Waals surface area contributed by atoms with Crippen LogP contribution in [0.3, 0.4) is 0 Å². The Bertz CT molecular complexity index is 1240. The van der Waals surface area contributed by atoms with Gasteiger partial charge in [-0.15, -0.1) is 12.4 Å². The summed E-state index contributed by atoms with van der Waals surface area (Å²) >= 11 is 0. The molecule has 8 heteroatoms. The molecule has 1 aliphatic carbocycles. The maximum absolute atomic E-state index is 14.3. The van der Waals surface area contributed by atoms with E-state index >= 15 is 0 Å². The highest BCUT2D eigenvalue weighted by Crippen LogP contribution is 2.36. The summed E-state index contributed by atoms with van der Waals surface area (Å²) < 4.78 is 35.7. The number of aryl methyl sites for hydroxylation is 1. The van der Waals surface area contributed by atoms with Crippen molar-refractivity contribution in [2.75, 3.05) is 13.2 Å². The molecule has 0 atom stereocenters. The van der Waals surface area contributed by atoms with Crippen molar-refractivity contribution in [1.82, 2.24) is 9.47 Å². The minimum Gasteiger partial charge on any atom is -0.484 e. The molecule has 0 radical (unpaired) electrons. The van der Waals surface area contributed by atoms with Gasteiger partial charge in [0.05, 0.1) is 16.8 Å². The summed E-state index contributed by atoms with van der Waals surface area (Å²) in [6.07, 6.45) is 9.16. The molecular weight excluding hydrogens is 460 g/mol. The van der Waals surface area contributed by atoms with E-state index in [0.29, 0.717) is 11.6 Å². The number of nitrogens with zero attached hydrogens (tertiary/aromatic N) is 2. The molecule has 0 spiro atoms. The average Bonchev–Trinajstić information content (AvgIpc) is 3.16. The lowest BCUT2D eigenvalue weighted by atomic mass is 9.90. The number of nitrogens with two attached hydrogens (primary N) is 1. The fourth-order valence-corrected chi connectivity index (χ4v) is 4.77. The van der Waals surface area contributed by atoms with E-state index in [2.05, 4.69) is 9.47 Å². The van der Waals surface area contributed by atoms with Crippen LogP contribution in [0.15, 0.2) is 48.3 Å². The third kappa shape index (κ3) is 4.62. The second-order valence-corrected chi connectivity index (χ2v) is 8.82. The molecular formula is C26H28ClF2N3O2. The molecule has 1 saturated carbocycles. The van der Waals surface area contributed by atoms with Gasteiger partial charge in [0.2, 0.25) is 5.91 Å². The molecule has 34 heavy (non-hydrogen) atoms. The van der Waals surface area contributed by atoms with E-state index in [1.807, 2.05) is 18.3 Å². The smallest absolute Gasteiger partial charge is 0.249 e. The zero-order valence-corrected chi connectivity index (χ0v) is 19.6. The normalized spacial score (nSPS) is 15.1. The van der Waals surface area contributed by atoms with Crippen LogP contribution in [0.1, 0.15) is 48.0 Å². The number of hydrogen-bond acceptors (Lipinski definition) is 3. The highest BCUT2D eigenvalue weighted by atomic mass is 35.5. The zero-order chi connectivity index (χ0) is 22.9. The van der Waals surface area contributed by atoms with E-state index in [1.54, 1.807) is 12.1 Å². The van der Waals surface area contributed by atoms with Crippen molar-refractivity contribution >= 4 is 35.3 Å². The third-order valence-corrected chi connectivity index (χ3v) is 6.76. The Kier molecular flexibility index (Phi) is 7.12. The van der Waals surface area contributed by atoms with Crippen molar-refractivity contribution in [3.05, 3.63) is 71.1 Å². The summed E-state index contributed by atoms with van der Waals surface area (Å²) in [6.45, 7) is 1.91. The van der Waals surface area contributed by atoms with Crippen LogP contribution < -0.4 is 10.5 Å². The first kappa shape index (κ1) is 24.1. The maximum Gasteiger partial charge on any atom is 0.249 e. The van der Waals surface area contributed by atoms with Gasteiger partial charge in [0, 0.05) is 30.9 Å². The fourth-order valence-electron chi connectivity index (χ4n) is 4.77. The molecule has 1 amide bonds. The van der Waals surface area contributed by atoms with Crippen molar-refractivity contribution in [3.8, 4) is 5.75 Å². The lowest BCUT2D eigenvalue weighted by Crippen LogP contribution is -2.42. The summed E-state index contributed by atoms with van der Waals surface area (Å²) in [5.41, 5.74) is 8.07. The molecule has 2 aliphatic rings. The number of carbonyl (C=O) groups excluding carboxylic acids is 1. The highest BCUT2D eigenvalue weighted by Gasteiger charge is 2.30. The van der Waals surface area contributed by atoms with E-state index in [4.69, 9.17) is 10.5 Å². The minimum absolute atomic E-state index is 0. The number of unbranched alkanes of at least 4 members (excludes halogenated alkanes) is 1. The lowest BCUT2D eigenvalue weighted by Gasteiger charge is -2.41. The van der Waals surface area contributed by atoms with Crippen molar-refractivity contribution < 1.29 is 18.3 Å². The summed E-state index contributed by atoms with van der Waals surface area (Å²) in [4.78, 5) is 14.2. The molecule has 0 saturated heterocycles. The SMILES string of the molecule is Cl.NC(=O)c1ccc(F)c2c1C=C(N(CCCCn1ccc3ccc(F)cc31)C1CCC1)CO2. The highest BCUT2D eigenvalue weighted by molar-refractivity contribution is 5.98. The number of carbonyl (C=O) groups is 1. The Hall–Kier alpha value is -3.06. The average molecular weight is 488 g/mol. The Morgan fingerprint density at radius 3 is 2.71 bits per heavy atom. The molecule has 2 aromatic carbocycles. The van der Waals surface area contributed by atoms with Gasteiger partial charge in [-0.1, -0.05) is 0 Å². The van der Waals surface area contributed by atoms with Crippen molar-refractivity contribution in [1.29, 1.82) is 0 Å². The third-order valence-electron chi connectivity index (χ3n) is 6.76. The number of primary amides is 1. The monoisotopic (exact) mass is 487 g/mol. The fraction of sp³-hybridized carbons (Fsp3) is 0.346. The largest absolute Gasteiger partial charge is 0.484 e. The van der Waals surface area contributed by atoms with Crippen molar-refractivity contribution in [3.63, 3.8) is 0 Å². The van der Waals surface area contributed by atoms with Gasteiger partial charge in [-0.25, -0.2) is 8.78 Å². The van der Waals surface area contributed by atoms with Gasteiger partial charge in [-0.2, -0.15) is 0 Å². The van der Waals surface area contributed by atoms with E-state index < -0.39 is 11.7 Å². The number of hydrogen-bond donors (Lipinski definition) is 1. The van der Waals surface area contributed by atoms with Crippen LogP contribution in [0, 0.1) is 11.6 Å². The minimum atomic E-state index is -0.599. The number of ether oxygens (including phenoxy) is 1. The van der Waals surface area contributed by atoms with Crippen LogP contribution in [-0.4, -0.2) is 34.6 Å². The second-order valence-electron chi connectivity index (χ2n) is 8.82. The Morgan fingerprint density at radius 2 is 1.97 bits per heavy atom. The van der Waals surface area contributed by atoms with Crippen LogP contribution in [-0.2, 0) is 6.54 Å². The van der Waals surface area contributed by atoms with E-state index in [0.717, 1.165) is 55.4 Å². The predicted molar refractivity (Wildman–Crippen MR) is 131 cm³/mol. The molecule has 1 fully saturated rings. The number of benzene rings is 2. The maximum atomic E-state index is 14.3. The molecule has 2 heterocycles. The molecule has 5 nitrogen and oxygen atoms in total. The van der Waals surface area contributed by atoms with Crippen molar-refractivity contribution in [2.45, 2.75) is 44.7 Å². The number of fused-ring (bicyclic) bond motifs is 2. The quantitative estimate of drug-likeness (QED) is 0.426. The number of halogens is 3. The van der Waals surface area contributed by atoms with E-state index in [9.17, 15) is 13.6 Å². The molecule has 0 bridgehead atoms. The standard InChI is InChI=1S/C26H27F2N3O2.ClH/c27-18-7-6-17-10-13-30(24(17)14-18)11-1-2-12-31(19-4-3-5-19)20-15-22-21(26(29)32)8-9-23(28)25(22)33-16-20;/h6-10,13-15,19H,1-5,11-12,16H2,(H2,29,32);1H. The molecule has 5 rings (SSSR count). The predicted octanol–water partition coefficient (Wildman–Crippen LogP) is 5.51. The summed E-state index contributed by atoms with van der Waals surface area (Å²) in [5, 5.41) is 1.04. The van der Waals surface area contributed by atoms with Gasteiger partial charge >= 0.3 is 0 Å². The Morgan fingerprint density at radius 1 is 1.15 bits per heavy atom. The number of amides is 1. The van der Waals surface area contributed by atoms with Crippen LogP contribution >= 0.6 is 12.4 Å². The van der Waals surface area contributed by atoms with Crippen LogP contribution in [0.4, 0.5) is 8.78 Å². The lowest BCUT2D eigenvalue weighted by molar-refractivity contribution is 0.0999. The van der Waals surface area contributed by atoms with Crippen LogP contribution in [0.2, 0.25) is 0 Å². The first-order chi connectivity index (χ1) is 16.0. The van der Waals surface area contributed by atoms with Crippen LogP contribution in [0.25, 0.3) is 17.0 Å². The Balaban J connectivity index is 0.00000274. The number of rotatable bonds is 8. The molecule has 3 aromatic rings. The van der Waals surface area contributed by atoms with Gasteiger partial charge in [0.1, 0.15) is 12.4 Å². The molecule has 180 valence electrons. The first-order valence-corrected chi connectivity index (χ1v) is 11.5. The van der Waals surface area contributed by atoms with Gasteiger partial charge in [0.15, 0.2) is 11.6 Å². The van der Waals surface area contributed by atoms with Gasteiger partial charge in [-0.05, 0) is 80.0 Å². The molecule has 1 aliphatic heterocycles. The number of aromatic nitrogens is 1. The zero-order valence-electron chi connectivity index (χ0n) is 18.8. The van der Waals surface area contributed by atoms with Gasteiger partial charge in [0.25, 0.3) is 0 Å². The molecule has 0 unspecified atom stereocenters. The summed E-state index contributed by atoms with van der Waals surface area (Å²) in [5.74, 6) is -1.22. The first-order valence-electron chi connectivity index (χ1n) is 11.5. The topological polar surface area (TPSA) is 60.5 Å². The summed E-state index contributed by atoms with van der Waals surface area (Å²) in [6, 6.07) is 9.93. The molecule has 2 N–H and O–H groups in total. The summed E-state index contributed by atoms with van der Waals surface area (Å²) in [7, 11) is 0. The van der Waals surface area contributed by atoms with Crippen molar-refractivity contribution in [2.24, 2.45) is 5.73 Å². The second kappa shape index (κ2) is 10.1. The van der Waals surface area contributed by atoms with Gasteiger partial charge in [-0.3, -0.25) is 4.79 Å². The van der Waals surface area contributed by atoms with E-state index in [1.165, 1.54) is 24.6 Å². The molecule has 1 aromatic heterocycles. The van der Waals surface area contributed by atoms with Gasteiger partial charge < -0.3 is 19.9 Å². The Labute approximate surface area is 203 Å². The van der Waals surface area contributed by atoms with E-state index in [-0.39, 0.29) is 36.1 Å².